The van der Waals surface area contributed by atoms with Gasteiger partial charge in [-0.3, -0.25) is 4.90 Å². The summed E-state index contributed by atoms with van der Waals surface area (Å²) in [6.07, 6.45) is 0. The predicted octanol–water partition coefficient (Wildman–Crippen LogP) is 1.73. The van der Waals surface area contributed by atoms with Gasteiger partial charge >= 0.3 is 0 Å². The van der Waals surface area contributed by atoms with Crippen LogP contribution in [0.5, 0.6) is 0 Å². The van der Waals surface area contributed by atoms with E-state index in [1.54, 1.807) is 0 Å². The molecule has 1 aliphatic rings. The van der Waals surface area contributed by atoms with Crippen molar-refractivity contribution in [2.75, 3.05) is 38.2 Å². The molecule has 22 heavy (non-hydrogen) atoms. The molecule has 2 heterocycles. The number of ether oxygens (including phenoxy) is 1. The molecule has 2 rings (SSSR count). The lowest BCUT2D eigenvalue weighted by atomic mass is 10.0. The fourth-order valence-corrected chi connectivity index (χ4v) is 2.77. The van der Waals surface area contributed by atoms with Crippen LogP contribution < -0.4 is 5.32 Å². The molecule has 0 saturated carbocycles. The highest BCUT2D eigenvalue weighted by Gasteiger charge is 2.24. The zero-order chi connectivity index (χ0) is 16.1. The average molecular weight is 303 g/mol. The molecule has 6 nitrogen and oxygen atoms in total. The lowest BCUT2D eigenvalue weighted by Gasteiger charge is -2.37. The molecule has 1 atom stereocenters. The first-order chi connectivity index (χ1) is 10.5. The van der Waals surface area contributed by atoms with Crippen molar-refractivity contribution in [2.24, 2.45) is 5.92 Å². The summed E-state index contributed by atoms with van der Waals surface area (Å²) in [5.41, 5.74) is 2.29. The van der Waals surface area contributed by atoms with Crippen molar-refractivity contribution in [1.82, 2.24) is 15.1 Å². The molecule has 0 radical (unpaired) electrons. The third-order valence-electron chi connectivity index (χ3n) is 4.33. The van der Waals surface area contributed by atoms with E-state index < -0.39 is 0 Å². The maximum atomic E-state index is 9.36. The molecule has 0 amide bonds. The van der Waals surface area contributed by atoms with Crippen LogP contribution in [0.2, 0.25) is 0 Å². The standard InChI is InChI=1S/C16H25N5O/c1-11(2)15(21-5-7-22-8-6-21)10-18-16-14(9-17)12(3)13(4)19-20-16/h11,15H,5-8,10H2,1-4H3,(H,18,20)/t15-/m0/s1. The number of nitrogens with one attached hydrogen (secondary N) is 1. The molecule has 1 aliphatic heterocycles. The van der Waals surface area contributed by atoms with E-state index in [1.807, 2.05) is 13.8 Å². The van der Waals surface area contributed by atoms with Crippen LogP contribution in [-0.4, -0.2) is 54.0 Å². The third kappa shape index (κ3) is 3.73. The Hall–Kier alpha value is -1.71. The van der Waals surface area contributed by atoms with Gasteiger partial charge in [-0.1, -0.05) is 13.8 Å². The molecule has 0 spiro atoms. The van der Waals surface area contributed by atoms with Crippen LogP contribution in [0, 0.1) is 31.1 Å². The number of hydrogen-bond donors (Lipinski definition) is 1. The summed E-state index contributed by atoms with van der Waals surface area (Å²) in [7, 11) is 0. The quantitative estimate of drug-likeness (QED) is 0.893. The summed E-state index contributed by atoms with van der Waals surface area (Å²) < 4.78 is 5.43. The lowest BCUT2D eigenvalue weighted by Crippen LogP contribution is -2.49. The van der Waals surface area contributed by atoms with Crippen molar-refractivity contribution < 1.29 is 4.74 Å². The van der Waals surface area contributed by atoms with E-state index in [0.717, 1.165) is 44.1 Å². The van der Waals surface area contributed by atoms with Gasteiger partial charge in [0.15, 0.2) is 5.82 Å². The lowest BCUT2D eigenvalue weighted by molar-refractivity contribution is 0.00953. The summed E-state index contributed by atoms with van der Waals surface area (Å²) in [5, 5.41) is 21.0. The third-order valence-corrected chi connectivity index (χ3v) is 4.33. The van der Waals surface area contributed by atoms with Crippen molar-refractivity contribution in [3.05, 3.63) is 16.8 Å². The fraction of sp³-hybridized carbons (Fsp3) is 0.688. The Morgan fingerprint density at radius 1 is 1.27 bits per heavy atom. The molecule has 1 aromatic heterocycles. The van der Waals surface area contributed by atoms with Gasteiger partial charge < -0.3 is 10.1 Å². The molecule has 0 aliphatic carbocycles. The molecule has 0 bridgehead atoms. The number of anilines is 1. The number of hydrogen-bond acceptors (Lipinski definition) is 6. The molecule has 1 saturated heterocycles. The van der Waals surface area contributed by atoms with Gasteiger partial charge in [0.2, 0.25) is 0 Å². The predicted molar refractivity (Wildman–Crippen MR) is 85.7 cm³/mol. The van der Waals surface area contributed by atoms with Crippen LogP contribution in [0.15, 0.2) is 0 Å². The zero-order valence-corrected chi connectivity index (χ0v) is 13.9. The maximum absolute atomic E-state index is 9.36. The Labute approximate surface area is 132 Å². The van der Waals surface area contributed by atoms with E-state index in [4.69, 9.17) is 4.74 Å². The van der Waals surface area contributed by atoms with Crippen molar-refractivity contribution in [1.29, 1.82) is 5.26 Å². The van der Waals surface area contributed by atoms with Crippen LogP contribution >= 0.6 is 0 Å². The van der Waals surface area contributed by atoms with Gasteiger partial charge in [0.05, 0.1) is 18.9 Å². The molecule has 1 N–H and O–H groups in total. The minimum absolute atomic E-state index is 0.388. The molecule has 0 unspecified atom stereocenters. The normalized spacial score (nSPS) is 17.3. The highest BCUT2D eigenvalue weighted by atomic mass is 16.5. The molecular formula is C16H25N5O. The maximum Gasteiger partial charge on any atom is 0.166 e. The van der Waals surface area contributed by atoms with Crippen molar-refractivity contribution in [3.63, 3.8) is 0 Å². The van der Waals surface area contributed by atoms with Crippen molar-refractivity contribution in [3.8, 4) is 6.07 Å². The minimum Gasteiger partial charge on any atom is -0.379 e. The van der Waals surface area contributed by atoms with Crippen LogP contribution in [0.25, 0.3) is 0 Å². The Morgan fingerprint density at radius 2 is 1.95 bits per heavy atom. The molecule has 1 aromatic rings. The van der Waals surface area contributed by atoms with Crippen molar-refractivity contribution in [2.45, 2.75) is 33.7 Å². The summed E-state index contributed by atoms with van der Waals surface area (Å²) in [6, 6.07) is 2.63. The Kier molecular flexibility index (Phi) is 5.69. The van der Waals surface area contributed by atoms with Gasteiger partial charge in [-0.15, -0.1) is 5.10 Å². The summed E-state index contributed by atoms with van der Waals surface area (Å²) in [6.45, 7) is 12.5. The molecule has 120 valence electrons. The van der Waals surface area contributed by atoms with Crippen LogP contribution in [0.4, 0.5) is 5.82 Å². The number of nitriles is 1. The van der Waals surface area contributed by atoms with Gasteiger partial charge in [0, 0.05) is 25.7 Å². The second kappa shape index (κ2) is 7.52. The summed E-state index contributed by atoms with van der Waals surface area (Å²) in [5.74, 6) is 1.10. The van der Waals surface area contributed by atoms with Gasteiger partial charge in [-0.25, -0.2) is 0 Å². The molecule has 6 heteroatoms. The SMILES string of the molecule is Cc1nnc(NC[C@@H](C(C)C)N2CCOCC2)c(C#N)c1C. The number of aryl methyl sites for hydroxylation is 1. The van der Waals surface area contributed by atoms with Crippen LogP contribution in [-0.2, 0) is 4.74 Å². The topological polar surface area (TPSA) is 74.1 Å². The van der Waals surface area contributed by atoms with Crippen LogP contribution in [0.1, 0.15) is 30.7 Å². The minimum atomic E-state index is 0.388. The Balaban J connectivity index is 2.10. The van der Waals surface area contributed by atoms with Gasteiger partial charge in [0.25, 0.3) is 0 Å². The second-order valence-corrected chi connectivity index (χ2v) is 6.09. The smallest absolute Gasteiger partial charge is 0.166 e. The average Bonchev–Trinajstić information content (AvgIpc) is 2.52. The van der Waals surface area contributed by atoms with E-state index >= 15 is 0 Å². The summed E-state index contributed by atoms with van der Waals surface area (Å²) in [4.78, 5) is 2.45. The van der Waals surface area contributed by atoms with E-state index in [1.165, 1.54) is 0 Å². The molecular weight excluding hydrogens is 278 g/mol. The van der Waals surface area contributed by atoms with E-state index in [2.05, 4.69) is 40.3 Å². The van der Waals surface area contributed by atoms with Crippen LogP contribution in [0.3, 0.4) is 0 Å². The first-order valence-corrected chi connectivity index (χ1v) is 7.84. The summed E-state index contributed by atoms with van der Waals surface area (Å²) >= 11 is 0. The Bertz CT molecular complexity index is 546. The van der Waals surface area contributed by atoms with Gasteiger partial charge in [-0.05, 0) is 25.3 Å². The Morgan fingerprint density at radius 3 is 2.55 bits per heavy atom. The van der Waals surface area contributed by atoms with Gasteiger partial charge in [0.1, 0.15) is 11.6 Å². The zero-order valence-electron chi connectivity index (χ0n) is 13.9. The number of rotatable bonds is 5. The first-order valence-electron chi connectivity index (χ1n) is 7.84. The number of nitrogens with zero attached hydrogens (tertiary/aromatic N) is 4. The van der Waals surface area contributed by atoms with Gasteiger partial charge in [-0.2, -0.15) is 10.4 Å². The molecule has 0 aromatic carbocycles. The largest absolute Gasteiger partial charge is 0.379 e. The number of aromatic nitrogens is 2. The monoisotopic (exact) mass is 303 g/mol. The highest BCUT2D eigenvalue weighted by Crippen LogP contribution is 2.19. The first kappa shape index (κ1) is 16.7. The second-order valence-electron chi connectivity index (χ2n) is 6.09. The fourth-order valence-electron chi connectivity index (χ4n) is 2.77. The van der Waals surface area contributed by atoms with Crippen molar-refractivity contribution >= 4 is 5.82 Å². The van der Waals surface area contributed by atoms with E-state index in [-0.39, 0.29) is 0 Å². The highest BCUT2D eigenvalue weighted by molar-refractivity contribution is 5.55. The number of morpholine rings is 1. The van der Waals surface area contributed by atoms with E-state index in [0.29, 0.717) is 23.3 Å². The molecule has 1 fully saturated rings. The van der Waals surface area contributed by atoms with E-state index in [9.17, 15) is 5.26 Å².